The summed E-state index contributed by atoms with van der Waals surface area (Å²) in [5.41, 5.74) is 5.57. The number of carbonyl (C=O) groups is 2. The second kappa shape index (κ2) is 8.19. The molecule has 0 bridgehead atoms. The Labute approximate surface area is 177 Å². The highest BCUT2D eigenvalue weighted by atomic mass is 16.2. The molecule has 2 amide bonds. The van der Waals surface area contributed by atoms with E-state index in [1.807, 2.05) is 65.3 Å². The number of hydrogen-bond donors (Lipinski definition) is 0. The van der Waals surface area contributed by atoms with Crippen molar-refractivity contribution in [2.24, 2.45) is 0 Å². The fraction of sp³-hybridized carbons (Fsp3) is 0.280. The molecule has 1 fully saturated rings. The van der Waals surface area contributed by atoms with Crippen LogP contribution in [-0.4, -0.2) is 52.4 Å². The van der Waals surface area contributed by atoms with Crippen molar-refractivity contribution in [3.05, 3.63) is 88.7 Å². The quantitative estimate of drug-likeness (QED) is 0.666. The molecule has 0 atom stereocenters. The zero-order chi connectivity index (χ0) is 21.3. The van der Waals surface area contributed by atoms with Crippen LogP contribution >= 0.6 is 0 Å². The van der Waals surface area contributed by atoms with Gasteiger partial charge in [0.05, 0.1) is 11.3 Å². The first-order valence-electron chi connectivity index (χ1n) is 10.4. The molecule has 1 saturated heterocycles. The number of amides is 2. The summed E-state index contributed by atoms with van der Waals surface area (Å²) < 4.78 is 2.13. The second-order valence-electron chi connectivity index (χ2n) is 7.92. The predicted molar refractivity (Wildman–Crippen MR) is 118 cm³/mol. The van der Waals surface area contributed by atoms with Crippen molar-refractivity contribution in [3.8, 4) is 5.69 Å². The Balaban J connectivity index is 1.54. The van der Waals surface area contributed by atoms with Gasteiger partial charge in [0, 0.05) is 43.1 Å². The molecule has 30 heavy (non-hydrogen) atoms. The third-order valence-corrected chi connectivity index (χ3v) is 5.77. The van der Waals surface area contributed by atoms with Gasteiger partial charge in [0.1, 0.15) is 0 Å². The summed E-state index contributed by atoms with van der Waals surface area (Å²) in [5.74, 6) is 0.0468. The van der Waals surface area contributed by atoms with E-state index in [0.717, 1.165) is 22.6 Å². The van der Waals surface area contributed by atoms with Gasteiger partial charge in [-0.1, -0.05) is 29.8 Å². The summed E-state index contributed by atoms with van der Waals surface area (Å²) in [4.78, 5) is 29.8. The van der Waals surface area contributed by atoms with Crippen molar-refractivity contribution in [2.75, 3.05) is 26.2 Å². The summed E-state index contributed by atoms with van der Waals surface area (Å²) in [6.45, 7) is 8.27. The van der Waals surface area contributed by atoms with E-state index in [1.54, 1.807) is 0 Å². The van der Waals surface area contributed by atoms with Crippen LogP contribution < -0.4 is 0 Å². The van der Waals surface area contributed by atoms with E-state index in [4.69, 9.17) is 0 Å². The van der Waals surface area contributed by atoms with Crippen molar-refractivity contribution >= 4 is 11.8 Å². The molecular formula is C25H27N3O2. The molecule has 1 aliphatic rings. The standard InChI is InChI=1S/C25H27N3O2/c1-18-9-12-23(28-19(2)10-11-20(28)3)22(17-18)25(30)27-15-13-26(14-16-27)24(29)21-7-5-4-6-8-21/h4-12,17H,13-16H2,1-3H3. The molecule has 2 heterocycles. The first kappa shape index (κ1) is 20.0. The highest BCUT2D eigenvalue weighted by molar-refractivity contribution is 5.98. The highest BCUT2D eigenvalue weighted by Crippen LogP contribution is 2.23. The molecule has 3 aromatic rings. The summed E-state index contributed by atoms with van der Waals surface area (Å²) in [7, 11) is 0. The monoisotopic (exact) mass is 401 g/mol. The van der Waals surface area contributed by atoms with Gasteiger partial charge in [-0.2, -0.15) is 0 Å². The average molecular weight is 402 g/mol. The van der Waals surface area contributed by atoms with Crippen LogP contribution in [0.1, 0.15) is 37.7 Å². The number of aryl methyl sites for hydroxylation is 3. The maximum Gasteiger partial charge on any atom is 0.256 e. The van der Waals surface area contributed by atoms with Crippen LogP contribution in [0.4, 0.5) is 0 Å². The topological polar surface area (TPSA) is 45.6 Å². The van der Waals surface area contributed by atoms with Crippen LogP contribution in [-0.2, 0) is 0 Å². The first-order valence-corrected chi connectivity index (χ1v) is 10.4. The minimum absolute atomic E-state index is 0.0213. The predicted octanol–water partition coefficient (Wildman–Crippen LogP) is 4.00. The molecule has 5 heteroatoms. The number of hydrogen-bond acceptors (Lipinski definition) is 2. The van der Waals surface area contributed by atoms with Gasteiger partial charge in [-0.05, 0) is 57.2 Å². The fourth-order valence-corrected chi connectivity index (χ4v) is 4.11. The van der Waals surface area contributed by atoms with Gasteiger partial charge in [-0.3, -0.25) is 9.59 Å². The van der Waals surface area contributed by atoms with Crippen molar-refractivity contribution < 1.29 is 9.59 Å². The second-order valence-corrected chi connectivity index (χ2v) is 7.92. The summed E-state index contributed by atoms with van der Waals surface area (Å²) in [5, 5.41) is 0. The lowest BCUT2D eigenvalue weighted by atomic mass is 10.1. The van der Waals surface area contributed by atoms with Gasteiger partial charge >= 0.3 is 0 Å². The number of carbonyl (C=O) groups excluding carboxylic acids is 2. The molecule has 1 aliphatic heterocycles. The lowest BCUT2D eigenvalue weighted by Crippen LogP contribution is -2.50. The summed E-state index contributed by atoms with van der Waals surface area (Å²) in [6, 6.07) is 19.5. The highest BCUT2D eigenvalue weighted by Gasteiger charge is 2.27. The first-order chi connectivity index (χ1) is 14.5. The summed E-state index contributed by atoms with van der Waals surface area (Å²) in [6.07, 6.45) is 0. The van der Waals surface area contributed by atoms with Gasteiger partial charge in [0.25, 0.3) is 11.8 Å². The largest absolute Gasteiger partial charge is 0.335 e. The Morgan fingerprint density at radius 3 is 1.87 bits per heavy atom. The third kappa shape index (κ3) is 3.75. The molecular weight excluding hydrogens is 374 g/mol. The average Bonchev–Trinajstić information content (AvgIpc) is 3.11. The van der Waals surface area contributed by atoms with E-state index in [9.17, 15) is 9.59 Å². The molecule has 0 unspecified atom stereocenters. The number of rotatable bonds is 3. The van der Waals surface area contributed by atoms with E-state index in [2.05, 4.69) is 30.5 Å². The Bertz CT molecular complexity index is 1060. The third-order valence-electron chi connectivity index (χ3n) is 5.77. The van der Waals surface area contributed by atoms with Crippen molar-refractivity contribution in [3.63, 3.8) is 0 Å². The molecule has 0 N–H and O–H groups in total. The van der Waals surface area contributed by atoms with Crippen molar-refractivity contribution in [2.45, 2.75) is 20.8 Å². The Morgan fingerprint density at radius 1 is 0.700 bits per heavy atom. The van der Waals surface area contributed by atoms with E-state index >= 15 is 0 Å². The smallest absolute Gasteiger partial charge is 0.256 e. The van der Waals surface area contributed by atoms with E-state index in [0.29, 0.717) is 37.3 Å². The van der Waals surface area contributed by atoms with Gasteiger partial charge < -0.3 is 14.4 Å². The van der Waals surface area contributed by atoms with Crippen molar-refractivity contribution in [1.82, 2.24) is 14.4 Å². The Kier molecular flexibility index (Phi) is 5.44. The maximum atomic E-state index is 13.4. The lowest BCUT2D eigenvalue weighted by molar-refractivity contribution is 0.0535. The van der Waals surface area contributed by atoms with Gasteiger partial charge in [0.15, 0.2) is 0 Å². The lowest BCUT2D eigenvalue weighted by Gasteiger charge is -2.35. The van der Waals surface area contributed by atoms with Crippen LogP contribution in [0.5, 0.6) is 0 Å². The number of nitrogens with zero attached hydrogens (tertiary/aromatic N) is 3. The van der Waals surface area contributed by atoms with Gasteiger partial charge in [-0.15, -0.1) is 0 Å². The molecule has 5 nitrogen and oxygen atoms in total. The van der Waals surface area contributed by atoms with E-state index < -0.39 is 0 Å². The zero-order valence-electron chi connectivity index (χ0n) is 17.8. The molecule has 154 valence electrons. The Hall–Kier alpha value is -3.34. The van der Waals surface area contributed by atoms with Crippen LogP contribution in [0.2, 0.25) is 0 Å². The number of piperazine rings is 1. The van der Waals surface area contributed by atoms with Crippen LogP contribution in [0, 0.1) is 20.8 Å². The normalized spacial score (nSPS) is 14.1. The van der Waals surface area contributed by atoms with Crippen LogP contribution in [0.15, 0.2) is 60.7 Å². The van der Waals surface area contributed by atoms with Gasteiger partial charge in [-0.25, -0.2) is 0 Å². The number of aromatic nitrogens is 1. The minimum Gasteiger partial charge on any atom is -0.335 e. The molecule has 0 radical (unpaired) electrons. The molecule has 0 saturated carbocycles. The SMILES string of the molecule is Cc1ccc(-n2c(C)ccc2C)c(C(=O)N2CCN(C(=O)c3ccccc3)CC2)c1. The van der Waals surface area contributed by atoms with Crippen LogP contribution in [0.3, 0.4) is 0 Å². The zero-order valence-corrected chi connectivity index (χ0v) is 17.8. The molecule has 0 spiro atoms. The maximum absolute atomic E-state index is 13.4. The fourth-order valence-electron chi connectivity index (χ4n) is 4.11. The van der Waals surface area contributed by atoms with Gasteiger partial charge in [0.2, 0.25) is 0 Å². The minimum atomic E-state index is 0.0213. The Morgan fingerprint density at radius 2 is 1.27 bits per heavy atom. The molecule has 1 aromatic heterocycles. The molecule has 4 rings (SSSR count). The molecule has 0 aliphatic carbocycles. The van der Waals surface area contributed by atoms with E-state index in [-0.39, 0.29) is 11.8 Å². The van der Waals surface area contributed by atoms with Crippen molar-refractivity contribution in [1.29, 1.82) is 0 Å². The summed E-state index contributed by atoms with van der Waals surface area (Å²) >= 11 is 0. The number of benzene rings is 2. The molecule has 2 aromatic carbocycles. The van der Waals surface area contributed by atoms with Crippen LogP contribution in [0.25, 0.3) is 5.69 Å². The van der Waals surface area contributed by atoms with E-state index in [1.165, 1.54) is 0 Å².